The maximum Gasteiger partial charge on any atom is 0.126 e. The minimum absolute atomic E-state index is 0.110. The Morgan fingerprint density at radius 3 is 2.58 bits per heavy atom. The number of thiophene rings is 1. The highest BCUT2D eigenvalue weighted by Gasteiger charge is 2.15. The Morgan fingerprint density at radius 2 is 1.95 bits per heavy atom. The van der Waals surface area contributed by atoms with Gasteiger partial charge in [0.25, 0.3) is 0 Å². The summed E-state index contributed by atoms with van der Waals surface area (Å²) in [6, 6.07) is 11.6. The molecule has 0 aliphatic heterocycles. The number of benzene rings is 1. The molecule has 1 aromatic heterocycles. The van der Waals surface area contributed by atoms with Gasteiger partial charge < -0.3 is 5.32 Å². The predicted molar refractivity (Wildman–Crippen MR) is 80.0 cm³/mol. The topological polar surface area (TPSA) is 12.0 Å². The zero-order chi connectivity index (χ0) is 13.7. The van der Waals surface area contributed by atoms with Gasteiger partial charge in [-0.25, -0.2) is 4.39 Å². The van der Waals surface area contributed by atoms with Gasteiger partial charge in [0, 0.05) is 10.9 Å². The fraction of sp³-hybridized carbons (Fsp3) is 0.375. The van der Waals surface area contributed by atoms with Crippen molar-refractivity contribution in [2.24, 2.45) is 5.92 Å². The smallest absolute Gasteiger partial charge is 0.126 e. The molecule has 1 heterocycles. The monoisotopic (exact) mass is 277 g/mol. The van der Waals surface area contributed by atoms with E-state index in [1.807, 2.05) is 12.1 Å². The molecule has 0 amide bonds. The number of nitrogens with one attached hydrogen (secondary N) is 1. The molecule has 0 saturated carbocycles. The third kappa shape index (κ3) is 3.88. The van der Waals surface area contributed by atoms with Crippen molar-refractivity contribution in [3.05, 3.63) is 58.0 Å². The number of hydrogen-bond donors (Lipinski definition) is 1. The zero-order valence-electron chi connectivity index (χ0n) is 11.4. The summed E-state index contributed by atoms with van der Waals surface area (Å²) in [6.45, 7) is 5.21. The fourth-order valence-electron chi connectivity index (χ4n) is 2.20. The van der Waals surface area contributed by atoms with Gasteiger partial charge in [-0.15, -0.1) is 11.3 Å². The maximum atomic E-state index is 13.5. The van der Waals surface area contributed by atoms with Crippen LogP contribution in [-0.2, 0) is 6.42 Å². The van der Waals surface area contributed by atoms with Gasteiger partial charge in [0.1, 0.15) is 5.82 Å². The highest BCUT2D eigenvalue weighted by atomic mass is 32.1. The van der Waals surface area contributed by atoms with Crippen molar-refractivity contribution in [2.45, 2.75) is 26.3 Å². The lowest BCUT2D eigenvalue weighted by atomic mass is 10.0. The van der Waals surface area contributed by atoms with Gasteiger partial charge in [0.15, 0.2) is 0 Å². The molecule has 0 radical (unpaired) electrons. The molecule has 1 unspecified atom stereocenters. The van der Waals surface area contributed by atoms with Crippen molar-refractivity contribution in [2.75, 3.05) is 6.54 Å². The average molecular weight is 277 g/mol. The van der Waals surface area contributed by atoms with E-state index in [0.29, 0.717) is 12.0 Å². The van der Waals surface area contributed by atoms with E-state index in [1.54, 1.807) is 17.4 Å². The lowest BCUT2D eigenvalue weighted by molar-refractivity contribution is 0.419. The summed E-state index contributed by atoms with van der Waals surface area (Å²) < 4.78 is 13.5. The lowest BCUT2D eigenvalue weighted by Crippen LogP contribution is -2.27. The van der Waals surface area contributed by atoms with Gasteiger partial charge in [-0.05, 0) is 42.0 Å². The molecule has 0 aliphatic carbocycles. The molecule has 0 saturated heterocycles. The maximum absolute atomic E-state index is 13.5. The molecule has 19 heavy (non-hydrogen) atoms. The second-order valence-corrected chi connectivity index (χ2v) is 6.01. The minimum Gasteiger partial charge on any atom is -0.309 e. The average Bonchev–Trinajstić information content (AvgIpc) is 2.89. The molecule has 3 heteroatoms. The summed E-state index contributed by atoms with van der Waals surface area (Å²) in [5.41, 5.74) is 0.781. The van der Waals surface area contributed by atoms with E-state index in [9.17, 15) is 4.39 Å². The van der Waals surface area contributed by atoms with Crippen LogP contribution < -0.4 is 5.32 Å². The van der Waals surface area contributed by atoms with E-state index < -0.39 is 0 Å². The van der Waals surface area contributed by atoms with Crippen molar-refractivity contribution >= 4 is 11.3 Å². The Balaban J connectivity index is 1.92. The summed E-state index contributed by atoms with van der Waals surface area (Å²) in [6.07, 6.45) is 0.723. The number of hydrogen-bond acceptors (Lipinski definition) is 2. The second-order valence-electron chi connectivity index (χ2n) is 5.03. The van der Waals surface area contributed by atoms with Crippen molar-refractivity contribution in [3.63, 3.8) is 0 Å². The molecule has 2 aromatic rings. The molecule has 0 aliphatic rings. The molecule has 2 rings (SSSR count). The van der Waals surface area contributed by atoms with Crippen LogP contribution in [0.2, 0.25) is 0 Å². The molecule has 1 nitrogen and oxygen atoms in total. The summed E-state index contributed by atoms with van der Waals surface area (Å²) in [4.78, 5) is 1.35. The molecular formula is C16H20FNS. The Labute approximate surface area is 118 Å². The van der Waals surface area contributed by atoms with Crippen LogP contribution in [0.25, 0.3) is 0 Å². The van der Waals surface area contributed by atoms with Crippen LogP contribution in [-0.4, -0.2) is 6.54 Å². The van der Waals surface area contributed by atoms with Crippen molar-refractivity contribution in [1.82, 2.24) is 5.32 Å². The SMILES string of the molecule is CC(C)C(NCCc1ccccc1F)c1cccs1. The molecular weight excluding hydrogens is 257 g/mol. The van der Waals surface area contributed by atoms with E-state index in [4.69, 9.17) is 0 Å². The van der Waals surface area contributed by atoms with Gasteiger partial charge >= 0.3 is 0 Å². The van der Waals surface area contributed by atoms with Gasteiger partial charge in [-0.1, -0.05) is 38.1 Å². The zero-order valence-corrected chi connectivity index (χ0v) is 12.2. The Bertz CT molecular complexity index is 493. The van der Waals surface area contributed by atoms with Crippen LogP contribution >= 0.6 is 11.3 Å². The largest absolute Gasteiger partial charge is 0.309 e. The van der Waals surface area contributed by atoms with E-state index in [1.165, 1.54) is 10.9 Å². The molecule has 102 valence electrons. The summed E-state index contributed by atoms with van der Waals surface area (Å²) in [5, 5.41) is 5.64. The van der Waals surface area contributed by atoms with Crippen LogP contribution in [0.15, 0.2) is 41.8 Å². The van der Waals surface area contributed by atoms with Crippen molar-refractivity contribution in [3.8, 4) is 0 Å². The van der Waals surface area contributed by atoms with Crippen LogP contribution in [0, 0.1) is 11.7 Å². The van der Waals surface area contributed by atoms with Crippen molar-refractivity contribution < 1.29 is 4.39 Å². The molecule has 1 N–H and O–H groups in total. The highest BCUT2D eigenvalue weighted by molar-refractivity contribution is 7.10. The minimum atomic E-state index is -0.110. The molecule has 0 spiro atoms. The molecule has 0 fully saturated rings. The lowest BCUT2D eigenvalue weighted by Gasteiger charge is -2.21. The molecule has 0 bridgehead atoms. The highest BCUT2D eigenvalue weighted by Crippen LogP contribution is 2.25. The molecule has 1 atom stereocenters. The first-order valence-electron chi connectivity index (χ1n) is 6.68. The molecule has 1 aromatic carbocycles. The van der Waals surface area contributed by atoms with Crippen LogP contribution in [0.3, 0.4) is 0 Å². The Hall–Kier alpha value is -1.19. The first-order chi connectivity index (χ1) is 9.18. The standard InChI is InChI=1S/C16H20FNS/c1-12(2)16(15-8-5-11-19-15)18-10-9-13-6-3-4-7-14(13)17/h3-8,11-12,16,18H,9-10H2,1-2H3. The third-order valence-corrected chi connectivity index (χ3v) is 4.19. The van der Waals surface area contributed by atoms with E-state index >= 15 is 0 Å². The van der Waals surface area contributed by atoms with Crippen LogP contribution in [0.5, 0.6) is 0 Å². The Morgan fingerprint density at radius 1 is 1.16 bits per heavy atom. The summed E-state index contributed by atoms with van der Waals surface area (Å²) in [5.74, 6) is 0.417. The van der Waals surface area contributed by atoms with Crippen LogP contribution in [0.4, 0.5) is 4.39 Å². The van der Waals surface area contributed by atoms with Gasteiger partial charge in [-0.2, -0.15) is 0 Å². The van der Waals surface area contributed by atoms with Crippen molar-refractivity contribution in [1.29, 1.82) is 0 Å². The number of halogens is 1. The van der Waals surface area contributed by atoms with E-state index in [0.717, 1.165) is 18.5 Å². The fourth-order valence-corrected chi connectivity index (χ4v) is 3.17. The van der Waals surface area contributed by atoms with Crippen LogP contribution in [0.1, 0.15) is 30.3 Å². The summed E-state index contributed by atoms with van der Waals surface area (Å²) in [7, 11) is 0. The Kier molecular flexibility index (Phi) is 5.11. The third-order valence-electron chi connectivity index (χ3n) is 3.23. The quantitative estimate of drug-likeness (QED) is 0.824. The van der Waals surface area contributed by atoms with Gasteiger partial charge in [-0.3, -0.25) is 0 Å². The van der Waals surface area contributed by atoms with E-state index in [2.05, 4.69) is 36.7 Å². The first-order valence-corrected chi connectivity index (χ1v) is 7.56. The normalized spacial score (nSPS) is 12.8. The first kappa shape index (κ1) is 14.2. The summed E-state index contributed by atoms with van der Waals surface area (Å²) >= 11 is 1.77. The van der Waals surface area contributed by atoms with E-state index in [-0.39, 0.29) is 5.82 Å². The second kappa shape index (κ2) is 6.83. The van der Waals surface area contributed by atoms with Gasteiger partial charge in [0.05, 0.1) is 0 Å². The number of rotatable bonds is 6. The van der Waals surface area contributed by atoms with Gasteiger partial charge in [0.2, 0.25) is 0 Å². The predicted octanol–water partition coefficient (Wildman–Crippen LogP) is 4.42.